The molecule has 0 saturated carbocycles. The quantitative estimate of drug-likeness (QED) is 0.822. The van der Waals surface area contributed by atoms with Crippen LogP contribution in [0.2, 0.25) is 0 Å². The van der Waals surface area contributed by atoms with Crippen molar-refractivity contribution >= 4 is 11.6 Å². The lowest BCUT2D eigenvalue weighted by Crippen LogP contribution is -2.26. The molecule has 7 heteroatoms. The van der Waals surface area contributed by atoms with Gasteiger partial charge in [0.2, 0.25) is 5.91 Å². The Kier molecular flexibility index (Phi) is 4.78. The van der Waals surface area contributed by atoms with Crippen molar-refractivity contribution in [3.05, 3.63) is 30.6 Å². The van der Waals surface area contributed by atoms with Gasteiger partial charge in [-0.2, -0.15) is 0 Å². The van der Waals surface area contributed by atoms with E-state index < -0.39 is 0 Å². The Balaban J connectivity index is 1.92. The van der Waals surface area contributed by atoms with Crippen LogP contribution in [0.3, 0.4) is 0 Å². The van der Waals surface area contributed by atoms with Crippen LogP contribution >= 0.6 is 0 Å². The maximum Gasteiger partial charge on any atom is 0.225 e. The number of anilines is 1. The van der Waals surface area contributed by atoms with E-state index in [9.17, 15) is 4.79 Å². The summed E-state index contributed by atoms with van der Waals surface area (Å²) in [5.74, 6) is -0.0684. The molecular weight excluding hydrogens is 256 g/mol. The average molecular weight is 274 g/mol. The summed E-state index contributed by atoms with van der Waals surface area (Å²) >= 11 is 0. The standard InChI is InChI=1S/C13H18N6O/c1-2-3-10(14)8-13(20)16-11-4-6-12(7-5-11)19-9-15-17-18-19/h4-7,9-10H,2-3,8,14H2,1H3,(H,16,20). The molecule has 1 heterocycles. The minimum Gasteiger partial charge on any atom is -0.327 e. The summed E-state index contributed by atoms with van der Waals surface area (Å²) in [6.45, 7) is 2.05. The number of carbonyl (C=O) groups excluding carboxylic acids is 1. The Hall–Kier alpha value is -2.28. The van der Waals surface area contributed by atoms with E-state index in [0.29, 0.717) is 6.42 Å². The summed E-state index contributed by atoms with van der Waals surface area (Å²) < 4.78 is 1.54. The molecule has 1 atom stereocenters. The van der Waals surface area contributed by atoms with Gasteiger partial charge in [-0.3, -0.25) is 4.79 Å². The van der Waals surface area contributed by atoms with E-state index in [4.69, 9.17) is 5.73 Å². The number of hydrogen-bond donors (Lipinski definition) is 2. The Morgan fingerprint density at radius 1 is 1.40 bits per heavy atom. The highest BCUT2D eigenvalue weighted by Crippen LogP contribution is 2.12. The molecule has 1 unspecified atom stereocenters. The second kappa shape index (κ2) is 6.76. The molecule has 1 aromatic carbocycles. The number of rotatable bonds is 6. The van der Waals surface area contributed by atoms with Gasteiger partial charge in [-0.15, -0.1) is 5.10 Å². The molecule has 0 spiro atoms. The van der Waals surface area contributed by atoms with Gasteiger partial charge in [-0.05, 0) is 41.1 Å². The first kappa shape index (κ1) is 14.1. The van der Waals surface area contributed by atoms with Gasteiger partial charge in [0.05, 0.1) is 5.69 Å². The molecule has 0 bridgehead atoms. The molecular formula is C13H18N6O. The average Bonchev–Trinajstić information content (AvgIpc) is 2.93. The summed E-state index contributed by atoms with van der Waals surface area (Å²) in [6.07, 6.45) is 3.68. The van der Waals surface area contributed by atoms with Crippen LogP contribution < -0.4 is 11.1 Å². The highest BCUT2D eigenvalue weighted by molar-refractivity contribution is 5.91. The molecule has 2 aromatic rings. The number of carbonyl (C=O) groups is 1. The molecule has 7 nitrogen and oxygen atoms in total. The largest absolute Gasteiger partial charge is 0.327 e. The lowest BCUT2D eigenvalue weighted by Gasteiger charge is -2.10. The molecule has 3 N–H and O–H groups in total. The minimum atomic E-state index is -0.0829. The lowest BCUT2D eigenvalue weighted by atomic mass is 10.1. The van der Waals surface area contributed by atoms with Crippen LogP contribution in [0.25, 0.3) is 5.69 Å². The van der Waals surface area contributed by atoms with Gasteiger partial charge in [0.25, 0.3) is 0 Å². The van der Waals surface area contributed by atoms with Crippen molar-refractivity contribution in [3.8, 4) is 5.69 Å². The van der Waals surface area contributed by atoms with Crippen LogP contribution in [0.5, 0.6) is 0 Å². The monoisotopic (exact) mass is 274 g/mol. The predicted molar refractivity (Wildman–Crippen MR) is 75.3 cm³/mol. The number of nitrogens with two attached hydrogens (primary N) is 1. The number of tetrazole rings is 1. The molecule has 0 radical (unpaired) electrons. The molecule has 106 valence electrons. The second-order valence-corrected chi connectivity index (χ2v) is 4.60. The molecule has 2 rings (SSSR count). The number of nitrogens with zero attached hydrogens (tertiary/aromatic N) is 4. The molecule has 0 aliphatic carbocycles. The Morgan fingerprint density at radius 3 is 2.75 bits per heavy atom. The van der Waals surface area contributed by atoms with E-state index in [1.54, 1.807) is 16.8 Å². The number of aromatic nitrogens is 4. The topological polar surface area (TPSA) is 98.7 Å². The molecule has 0 fully saturated rings. The zero-order chi connectivity index (χ0) is 14.4. The second-order valence-electron chi connectivity index (χ2n) is 4.60. The van der Waals surface area contributed by atoms with Crippen molar-refractivity contribution < 1.29 is 4.79 Å². The van der Waals surface area contributed by atoms with Gasteiger partial charge in [0.15, 0.2) is 0 Å². The summed E-state index contributed by atoms with van der Waals surface area (Å²) in [5.41, 5.74) is 7.40. The molecule has 1 amide bonds. The van der Waals surface area contributed by atoms with E-state index in [0.717, 1.165) is 24.2 Å². The van der Waals surface area contributed by atoms with Gasteiger partial charge >= 0.3 is 0 Å². The summed E-state index contributed by atoms with van der Waals surface area (Å²) in [4.78, 5) is 11.8. The maximum absolute atomic E-state index is 11.8. The number of hydrogen-bond acceptors (Lipinski definition) is 5. The molecule has 20 heavy (non-hydrogen) atoms. The molecule has 0 aliphatic heterocycles. The van der Waals surface area contributed by atoms with Crippen molar-refractivity contribution in [1.29, 1.82) is 0 Å². The first-order valence-electron chi connectivity index (χ1n) is 6.58. The number of amides is 1. The lowest BCUT2D eigenvalue weighted by molar-refractivity contribution is -0.116. The van der Waals surface area contributed by atoms with Crippen LogP contribution in [-0.2, 0) is 4.79 Å². The van der Waals surface area contributed by atoms with Crippen molar-refractivity contribution in [3.63, 3.8) is 0 Å². The smallest absolute Gasteiger partial charge is 0.225 e. The van der Waals surface area contributed by atoms with E-state index in [1.807, 2.05) is 12.1 Å². The Bertz CT molecular complexity index is 536. The first-order valence-corrected chi connectivity index (χ1v) is 6.58. The summed E-state index contributed by atoms with van der Waals surface area (Å²) in [7, 11) is 0. The zero-order valence-electron chi connectivity index (χ0n) is 11.4. The van der Waals surface area contributed by atoms with Gasteiger partial charge in [-0.1, -0.05) is 13.3 Å². The molecule has 1 aromatic heterocycles. The summed E-state index contributed by atoms with van der Waals surface area (Å²) in [5, 5.41) is 13.7. The van der Waals surface area contributed by atoms with Crippen molar-refractivity contribution in [2.24, 2.45) is 5.73 Å². The third-order valence-corrected chi connectivity index (χ3v) is 2.87. The van der Waals surface area contributed by atoms with Crippen molar-refractivity contribution in [1.82, 2.24) is 20.2 Å². The summed E-state index contributed by atoms with van der Waals surface area (Å²) in [6, 6.07) is 7.19. The van der Waals surface area contributed by atoms with E-state index in [2.05, 4.69) is 27.8 Å². The minimum absolute atomic E-state index is 0.0684. The normalized spacial score (nSPS) is 12.1. The van der Waals surface area contributed by atoms with Gasteiger partial charge in [0, 0.05) is 18.2 Å². The van der Waals surface area contributed by atoms with Crippen LogP contribution in [0.15, 0.2) is 30.6 Å². The van der Waals surface area contributed by atoms with E-state index in [-0.39, 0.29) is 11.9 Å². The molecule has 0 aliphatic rings. The van der Waals surface area contributed by atoms with Crippen molar-refractivity contribution in [2.45, 2.75) is 32.2 Å². The fourth-order valence-corrected chi connectivity index (χ4v) is 1.90. The van der Waals surface area contributed by atoms with E-state index in [1.165, 1.54) is 6.33 Å². The van der Waals surface area contributed by atoms with Crippen LogP contribution in [0, 0.1) is 0 Å². The van der Waals surface area contributed by atoms with Gasteiger partial charge < -0.3 is 11.1 Å². The van der Waals surface area contributed by atoms with Crippen LogP contribution in [0.4, 0.5) is 5.69 Å². The fraction of sp³-hybridized carbons (Fsp3) is 0.385. The van der Waals surface area contributed by atoms with Crippen LogP contribution in [-0.4, -0.2) is 32.2 Å². The highest BCUT2D eigenvalue weighted by atomic mass is 16.1. The third-order valence-electron chi connectivity index (χ3n) is 2.87. The van der Waals surface area contributed by atoms with Crippen LogP contribution in [0.1, 0.15) is 26.2 Å². The van der Waals surface area contributed by atoms with Crippen molar-refractivity contribution in [2.75, 3.05) is 5.32 Å². The Morgan fingerprint density at radius 2 is 2.15 bits per heavy atom. The SMILES string of the molecule is CCCC(N)CC(=O)Nc1ccc(-n2cnnn2)cc1. The van der Waals surface area contributed by atoms with Gasteiger partial charge in [0.1, 0.15) is 6.33 Å². The highest BCUT2D eigenvalue weighted by Gasteiger charge is 2.09. The first-order chi connectivity index (χ1) is 9.69. The third kappa shape index (κ3) is 3.86. The maximum atomic E-state index is 11.8. The fourth-order valence-electron chi connectivity index (χ4n) is 1.90. The zero-order valence-corrected chi connectivity index (χ0v) is 11.4. The number of benzene rings is 1. The predicted octanol–water partition coefficient (Wildman–Crippen LogP) is 1.12. The Labute approximate surface area is 117 Å². The van der Waals surface area contributed by atoms with Gasteiger partial charge in [-0.25, -0.2) is 4.68 Å². The van der Waals surface area contributed by atoms with E-state index >= 15 is 0 Å². The molecule has 0 saturated heterocycles. The number of nitrogens with one attached hydrogen (secondary N) is 1.